The Morgan fingerprint density at radius 3 is 2.77 bits per heavy atom. The molecule has 0 heterocycles. The first kappa shape index (κ1) is 10.3. The third-order valence-electron chi connectivity index (χ3n) is 1.62. The Kier molecular flexibility index (Phi) is 3.53. The zero-order valence-electron chi connectivity index (χ0n) is 7.04. The number of phenols is 1. The molecule has 0 amide bonds. The van der Waals surface area contributed by atoms with Crippen molar-refractivity contribution in [2.75, 3.05) is 7.11 Å². The quantitative estimate of drug-likeness (QED) is 0.711. The monoisotopic (exact) mass is 247 g/mol. The molecule has 0 atom stereocenters. The van der Waals surface area contributed by atoms with Crippen LogP contribution >= 0.6 is 15.9 Å². The average Bonchev–Trinajstić information content (AvgIpc) is 2.10. The van der Waals surface area contributed by atoms with Crippen LogP contribution in [-0.2, 0) is 6.54 Å². The predicted molar refractivity (Wildman–Crippen MR) is 51.0 cm³/mol. The second kappa shape index (κ2) is 4.45. The van der Waals surface area contributed by atoms with E-state index in [1.165, 1.54) is 13.2 Å². The highest BCUT2D eigenvalue weighted by Crippen LogP contribution is 2.31. The number of methoxy groups -OCH3 is 1. The van der Waals surface area contributed by atoms with E-state index in [-0.39, 0.29) is 12.3 Å². The van der Waals surface area contributed by atoms with Crippen LogP contribution in [0.25, 0.3) is 0 Å². The Hall–Kier alpha value is -0.780. The lowest BCUT2D eigenvalue weighted by molar-refractivity contribution is 0.160. The van der Waals surface area contributed by atoms with Crippen molar-refractivity contribution in [3.05, 3.63) is 22.2 Å². The molecule has 3 N–H and O–H groups in total. The van der Waals surface area contributed by atoms with E-state index in [0.29, 0.717) is 15.8 Å². The Labute approximate surface area is 84.2 Å². The van der Waals surface area contributed by atoms with Crippen molar-refractivity contribution in [2.24, 2.45) is 0 Å². The van der Waals surface area contributed by atoms with Crippen molar-refractivity contribution < 1.29 is 15.1 Å². The number of nitrogens with one attached hydrogen (secondary N) is 1. The Balaban J connectivity index is 3.06. The van der Waals surface area contributed by atoms with E-state index in [1.54, 1.807) is 6.07 Å². The van der Waals surface area contributed by atoms with Crippen molar-refractivity contribution in [2.45, 2.75) is 6.54 Å². The van der Waals surface area contributed by atoms with E-state index in [1.807, 2.05) is 5.48 Å². The minimum Gasteiger partial charge on any atom is -0.508 e. The van der Waals surface area contributed by atoms with E-state index < -0.39 is 0 Å². The number of aromatic hydroxyl groups is 1. The maximum absolute atomic E-state index is 9.41. The normalized spacial score (nSPS) is 10.1. The van der Waals surface area contributed by atoms with Crippen LogP contribution in [-0.4, -0.2) is 17.4 Å². The standard InChI is InChI=1S/C8H10BrNO3/c1-13-8-2-5(4-10-12)7(11)3-6(8)9/h2-3,10-12H,4H2,1H3. The molecule has 0 unspecified atom stereocenters. The molecule has 0 fully saturated rings. The van der Waals surface area contributed by atoms with Gasteiger partial charge >= 0.3 is 0 Å². The summed E-state index contributed by atoms with van der Waals surface area (Å²) in [4.78, 5) is 0. The zero-order valence-corrected chi connectivity index (χ0v) is 8.63. The van der Waals surface area contributed by atoms with Gasteiger partial charge in [-0.25, -0.2) is 5.48 Å². The van der Waals surface area contributed by atoms with Gasteiger partial charge in [-0.1, -0.05) is 0 Å². The van der Waals surface area contributed by atoms with Crippen molar-refractivity contribution in [1.82, 2.24) is 5.48 Å². The van der Waals surface area contributed by atoms with Crippen molar-refractivity contribution >= 4 is 15.9 Å². The zero-order chi connectivity index (χ0) is 9.84. The molecule has 0 spiro atoms. The molecule has 0 aliphatic rings. The molecule has 72 valence electrons. The number of phenolic OH excluding ortho intramolecular Hbond substituents is 1. The molecule has 0 saturated carbocycles. The Bertz CT molecular complexity index is 304. The minimum absolute atomic E-state index is 0.106. The molecular weight excluding hydrogens is 238 g/mol. The first-order valence-electron chi connectivity index (χ1n) is 3.61. The topological polar surface area (TPSA) is 61.7 Å². The second-order valence-corrected chi connectivity index (χ2v) is 3.30. The number of hydrogen-bond donors (Lipinski definition) is 3. The van der Waals surface area contributed by atoms with Gasteiger partial charge in [0.15, 0.2) is 0 Å². The van der Waals surface area contributed by atoms with Crippen LogP contribution in [0.1, 0.15) is 5.56 Å². The molecule has 1 aromatic rings. The van der Waals surface area contributed by atoms with Crippen molar-refractivity contribution in [1.29, 1.82) is 0 Å². The van der Waals surface area contributed by atoms with Gasteiger partial charge in [0.1, 0.15) is 11.5 Å². The van der Waals surface area contributed by atoms with Crippen LogP contribution in [0.15, 0.2) is 16.6 Å². The summed E-state index contributed by atoms with van der Waals surface area (Å²) in [5.41, 5.74) is 2.54. The highest BCUT2D eigenvalue weighted by Gasteiger charge is 2.07. The highest BCUT2D eigenvalue weighted by atomic mass is 79.9. The molecule has 13 heavy (non-hydrogen) atoms. The van der Waals surface area contributed by atoms with Crippen LogP contribution in [0.4, 0.5) is 0 Å². The summed E-state index contributed by atoms with van der Waals surface area (Å²) in [5, 5.41) is 17.9. The van der Waals surface area contributed by atoms with Gasteiger partial charge in [0.25, 0.3) is 0 Å². The molecule has 0 radical (unpaired) electrons. The smallest absolute Gasteiger partial charge is 0.133 e. The molecule has 5 heteroatoms. The third-order valence-corrected chi connectivity index (χ3v) is 2.24. The lowest BCUT2D eigenvalue weighted by Crippen LogP contribution is -2.06. The van der Waals surface area contributed by atoms with Gasteiger partial charge in [-0.05, 0) is 28.1 Å². The number of rotatable bonds is 3. The summed E-state index contributed by atoms with van der Waals surface area (Å²) in [6, 6.07) is 3.16. The summed E-state index contributed by atoms with van der Waals surface area (Å²) >= 11 is 3.22. The van der Waals surface area contributed by atoms with Crippen molar-refractivity contribution in [3.8, 4) is 11.5 Å². The number of halogens is 1. The van der Waals surface area contributed by atoms with Crippen LogP contribution in [0.2, 0.25) is 0 Å². The summed E-state index contributed by atoms with van der Waals surface area (Å²) in [7, 11) is 1.54. The molecule has 1 rings (SSSR count). The second-order valence-electron chi connectivity index (χ2n) is 2.45. The maximum Gasteiger partial charge on any atom is 0.133 e. The SMILES string of the molecule is COc1cc(CNO)c(O)cc1Br. The molecule has 0 saturated heterocycles. The van der Waals surface area contributed by atoms with E-state index in [9.17, 15) is 5.11 Å². The van der Waals surface area contributed by atoms with Gasteiger partial charge < -0.3 is 15.1 Å². The van der Waals surface area contributed by atoms with Crippen LogP contribution in [0, 0.1) is 0 Å². The highest BCUT2D eigenvalue weighted by molar-refractivity contribution is 9.10. The number of benzene rings is 1. The van der Waals surface area contributed by atoms with E-state index in [0.717, 1.165) is 0 Å². The summed E-state index contributed by atoms with van der Waals surface area (Å²) in [5.74, 6) is 0.720. The van der Waals surface area contributed by atoms with Gasteiger partial charge in [0.05, 0.1) is 11.6 Å². The van der Waals surface area contributed by atoms with E-state index in [4.69, 9.17) is 9.94 Å². The first-order valence-corrected chi connectivity index (χ1v) is 4.40. The van der Waals surface area contributed by atoms with Gasteiger partial charge in [0.2, 0.25) is 0 Å². The molecule has 1 aromatic carbocycles. The predicted octanol–water partition coefficient (Wildman–Crippen LogP) is 1.64. The van der Waals surface area contributed by atoms with Gasteiger partial charge in [0, 0.05) is 12.1 Å². The molecular formula is C8H10BrNO3. The first-order chi connectivity index (χ1) is 6.19. The van der Waals surface area contributed by atoms with Gasteiger partial charge in [-0.15, -0.1) is 0 Å². The fourth-order valence-electron chi connectivity index (χ4n) is 0.968. The minimum atomic E-state index is 0.106. The van der Waals surface area contributed by atoms with Crippen LogP contribution in [0.5, 0.6) is 11.5 Å². The Morgan fingerprint density at radius 1 is 1.54 bits per heavy atom. The molecule has 0 aliphatic heterocycles. The summed E-state index contributed by atoms with van der Waals surface area (Å²) in [6.07, 6.45) is 0. The molecule has 0 aliphatic carbocycles. The Morgan fingerprint density at radius 2 is 2.23 bits per heavy atom. The van der Waals surface area contributed by atoms with Crippen molar-refractivity contribution in [3.63, 3.8) is 0 Å². The summed E-state index contributed by atoms with van der Waals surface area (Å²) in [6.45, 7) is 0.176. The third kappa shape index (κ3) is 2.33. The molecule has 0 aromatic heterocycles. The average molecular weight is 248 g/mol. The molecule has 0 bridgehead atoms. The lowest BCUT2D eigenvalue weighted by atomic mass is 10.2. The van der Waals surface area contributed by atoms with Gasteiger partial charge in [-0.3, -0.25) is 0 Å². The fourth-order valence-corrected chi connectivity index (χ4v) is 1.46. The van der Waals surface area contributed by atoms with E-state index in [2.05, 4.69) is 15.9 Å². The molecule has 4 nitrogen and oxygen atoms in total. The summed E-state index contributed by atoms with van der Waals surface area (Å²) < 4.78 is 5.69. The fraction of sp³-hybridized carbons (Fsp3) is 0.250. The van der Waals surface area contributed by atoms with Crippen LogP contribution < -0.4 is 10.2 Å². The maximum atomic E-state index is 9.41. The van der Waals surface area contributed by atoms with Gasteiger partial charge in [-0.2, -0.15) is 0 Å². The number of ether oxygens (including phenoxy) is 1. The van der Waals surface area contributed by atoms with E-state index >= 15 is 0 Å². The van der Waals surface area contributed by atoms with Crippen LogP contribution in [0.3, 0.4) is 0 Å². The lowest BCUT2D eigenvalue weighted by Gasteiger charge is -2.08. The largest absolute Gasteiger partial charge is 0.508 e. The number of hydrogen-bond acceptors (Lipinski definition) is 4. The number of hydroxylamine groups is 1.